The molecule has 0 unspecified atom stereocenters. The summed E-state index contributed by atoms with van der Waals surface area (Å²) in [5, 5.41) is 6.10. The molecule has 7 heteroatoms. The normalized spacial score (nSPS) is 10.7. The fourth-order valence-electron chi connectivity index (χ4n) is 2.77. The van der Waals surface area contributed by atoms with Crippen molar-refractivity contribution >= 4 is 34.7 Å². The third-order valence-electron chi connectivity index (χ3n) is 4.30. The number of unbranched alkanes of at least 4 members (excludes halogenated alkanes) is 3. The fraction of sp³-hybridized carbons (Fsp3) is 0.286. The molecule has 0 saturated heterocycles. The van der Waals surface area contributed by atoms with Crippen molar-refractivity contribution in [3.8, 4) is 0 Å². The highest BCUT2D eigenvalue weighted by Crippen LogP contribution is 2.20. The van der Waals surface area contributed by atoms with E-state index in [0.29, 0.717) is 17.9 Å². The number of para-hydroxylation sites is 1. The number of hydrogen-bond acceptors (Lipinski definition) is 7. The van der Waals surface area contributed by atoms with E-state index in [-0.39, 0.29) is 0 Å². The van der Waals surface area contributed by atoms with Gasteiger partial charge < -0.3 is 15.4 Å². The molecule has 0 radical (unpaired) electrons. The lowest BCUT2D eigenvalue weighted by Crippen LogP contribution is -2.36. The molecule has 3 rings (SSSR count). The Morgan fingerprint density at radius 1 is 0.786 bits per heavy atom. The van der Waals surface area contributed by atoms with Gasteiger partial charge in [-0.25, -0.2) is 0 Å². The van der Waals surface area contributed by atoms with Gasteiger partial charge >= 0.3 is 0 Å². The van der Waals surface area contributed by atoms with E-state index in [1.807, 2.05) is 18.2 Å². The van der Waals surface area contributed by atoms with Crippen LogP contribution in [0.1, 0.15) is 25.7 Å². The molecule has 146 valence electrons. The van der Waals surface area contributed by atoms with E-state index in [9.17, 15) is 9.59 Å². The van der Waals surface area contributed by atoms with Crippen molar-refractivity contribution in [3.63, 3.8) is 0 Å². The average Bonchev–Trinajstić information content (AvgIpc) is 2.75. The van der Waals surface area contributed by atoms with Gasteiger partial charge in [0.2, 0.25) is 0 Å². The van der Waals surface area contributed by atoms with Gasteiger partial charge in [0, 0.05) is 36.1 Å². The number of anilines is 4. The van der Waals surface area contributed by atoms with Gasteiger partial charge in [0.05, 0.1) is 0 Å². The molecule has 3 aromatic rings. The summed E-state index contributed by atoms with van der Waals surface area (Å²) in [7, 11) is 0. The number of benzene rings is 1. The second kappa shape index (κ2) is 10.5. The second-order valence-corrected chi connectivity index (χ2v) is 7.33. The minimum Gasteiger partial charge on any atom is -0.380 e. The smallest absolute Gasteiger partial charge is 0.253 e. The van der Waals surface area contributed by atoms with Crippen molar-refractivity contribution in [3.05, 3.63) is 75.3 Å². The van der Waals surface area contributed by atoms with Gasteiger partial charge in [-0.05, 0) is 37.1 Å². The Bertz CT molecular complexity index is 925. The van der Waals surface area contributed by atoms with Crippen LogP contribution in [-0.2, 0) is 0 Å². The molecular formula is C21H24N4O2S. The van der Waals surface area contributed by atoms with Crippen molar-refractivity contribution in [1.29, 1.82) is 0 Å². The minimum atomic E-state index is -0.470. The Kier molecular flexibility index (Phi) is 7.49. The Morgan fingerprint density at radius 3 is 2.29 bits per heavy atom. The molecule has 0 bridgehead atoms. The van der Waals surface area contributed by atoms with Crippen LogP contribution in [0.5, 0.6) is 0 Å². The molecule has 0 spiro atoms. The molecule has 1 heterocycles. The average molecular weight is 397 g/mol. The maximum atomic E-state index is 11.8. The van der Waals surface area contributed by atoms with Crippen molar-refractivity contribution < 1.29 is 0 Å². The topological polar surface area (TPSA) is 83.1 Å². The number of pyridine rings is 1. The molecule has 0 atom stereocenters. The van der Waals surface area contributed by atoms with E-state index in [0.717, 1.165) is 42.8 Å². The first-order valence-corrected chi connectivity index (χ1v) is 10.4. The number of hydrogen-bond donors (Lipinski definition) is 3. The number of nitrogens with one attached hydrogen (secondary N) is 3. The summed E-state index contributed by atoms with van der Waals surface area (Å²) >= 11 is 1.72. The molecule has 0 aliphatic rings. The largest absolute Gasteiger partial charge is 0.380 e. The molecule has 1 aromatic heterocycles. The van der Waals surface area contributed by atoms with Gasteiger partial charge in [-0.1, -0.05) is 43.0 Å². The second-order valence-electron chi connectivity index (χ2n) is 6.43. The standard InChI is InChI=1S/C21H24N4O2S/c26-20-18(19(21(20)27)24-16-10-13-22-14-11-16)23-12-6-1-2-7-15-28-25-17-8-4-3-5-9-17/h3-5,8-11,13-14,23,25H,1-2,6-7,12,15H2,(H,22,24). The summed E-state index contributed by atoms with van der Waals surface area (Å²) in [5.74, 6) is 1.06. The third-order valence-corrected chi connectivity index (χ3v) is 5.17. The zero-order chi connectivity index (χ0) is 19.6. The van der Waals surface area contributed by atoms with Crippen LogP contribution >= 0.6 is 11.9 Å². The van der Waals surface area contributed by atoms with Crippen LogP contribution < -0.4 is 26.2 Å². The van der Waals surface area contributed by atoms with Crippen molar-refractivity contribution in [2.75, 3.05) is 27.7 Å². The predicted octanol–water partition coefficient (Wildman–Crippen LogP) is 4.15. The highest BCUT2D eigenvalue weighted by Gasteiger charge is 2.20. The van der Waals surface area contributed by atoms with Crippen LogP contribution in [0.2, 0.25) is 0 Å². The number of nitrogens with zero attached hydrogens (tertiary/aromatic N) is 1. The number of rotatable bonds is 12. The van der Waals surface area contributed by atoms with Crippen molar-refractivity contribution in [2.24, 2.45) is 0 Å². The quantitative estimate of drug-likeness (QED) is 0.241. The maximum absolute atomic E-state index is 11.8. The van der Waals surface area contributed by atoms with Gasteiger partial charge in [0.15, 0.2) is 0 Å². The zero-order valence-electron chi connectivity index (χ0n) is 15.6. The lowest BCUT2D eigenvalue weighted by atomic mass is 10.1. The van der Waals surface area contributed by atoms with Crippen LogP contribution in [0, 0.1) is 0 Å². The summed E-state index contributed by atoms with van der Waals surface area (Å²) in [6.45, 7) is 0.686. The Balaban J connectivity index is 1.29. The van der Waals surface area contributed by atoms with E-state index >= 15 is 0 Å². The summed E-state index contributed by atoms with van der Waals surface area (Å²) in [4.78, 5) is 27.5. The molecule has 2 aromatic carbocycles. The van der Waals surface area contributed by atoms with Crippen LogP contribution in [0.25, 0.3) is 0 Å². The van der Waals surface area contributed by atoms with Crippen LogP contribution in [0.3, 0.4) is 0 Å². The van der Waals surface area contributed by atoms with E-state index in [2.05, 4.69) is 32.5 Å². The summed E-state index contributed by atoms with van der Waals surface area (Å²) in [5.41, 5.74) is 1.69. The highest BCUT2D eigenvalue weighted by atomic mass is 32.2. The first kappa shape index (κ1) is 19.9. The summed E-state index contributed by atoms with van der Waals surface area (Å²) < 4.78 is 3.33. The van der Waals surface area contributed by atoms with E-state index in [1.165, 1.54) is 0 Å². The van der Waals surface area contributed by atoms with Gasteiger partial charge in [0.1, 0.15) is 11.4 Å². The Morgan fingerprint density at radius 2 is 1.50 bits per heavy atom. The zero-order valence-corrected chi connectivity index (χ0v) is 16.4. The molecular weight excluding hydrogens is 372 g/mol. The minimum absolute atomic E-state index is 0.347. The molecule has 6 nitrogen and oxygen atoms in total. The van der Waals surface area contributed by atoms with Gasteiger partial charge in [-0.2, -0.15) is 0 Å². The highest BCUT2D eigenvalue weighted by molar-refractivity contribution is 8.00. The summed E-state index contributed by atoms with van der Waals surface area (Å²) in [6, 6.07) is 13.7. The molecule has 3 N–H and O–H groups in total. The lowest BCUT2D eigenvalue weighted by molar-refractivity contribution is 0.689. The van der Waals surface area contributed by atoms with Crippen LogP contribution in [0.15, 0.2) is 64.4 Å². The van der Waals surface area contributed by atoms with Gasteiger partial charge in [-0.15, -0.1) is 0 Å². The lowest BCUT2D eigenvalue weighted by Gasteiger charge is -2.14. The number of aromatic nitrogens is 1. The SMILES string of the molecule is O=c1c(NCCCCCCSNc2ccccc2)c(Nc2ccncc2)c1=O. The molecule has 28 heavy (non-hydrogen) atoms. The molecule has 0 aliphatic carbocycles. The molecule has 0 amide bonds. The molecule has 0 aliphatic heterocycles. The van der Waals surface area contributed by atoms with E-state index < -0.39 is 10.9 Å². The first-order valence-electron chi connectivity index (χ1n) is 9.43. The maximum Gasteiger partial charge on any atom is 0.253 e. The Labute approximate surface area is 168 Å². The third kappa shape index (κ3) is 5.60. The van der Waals surface area contributed by atoms with E-state index in [4.69, 9.17) is 0 Å². The monoisotopic (exact) mass is 396 g/mol. The molecule has 0 fully saturated rings. The van der Waals surface area contributed by atoms with Gasteiger partial charge in [0.25, 0.3) is 10.9 Å². The fourth-order valence-corrected chi connectivity index (χ4v) is 3.52. The van der Waals surface area contributed by atoms with Crippen LogP contribution in [0.4, 0.5) is 22.7 Å². The van der Waals surface area contributed by atoms with Crippen LogP contribution in [-0.4, -0.2) is 17.3 Å². The van der Waals surface area contributed by atoms with Gasteiger partial charge in [-0.3, -0.25) is 14.6 Å². The predicted molar refractivity (Wildman–Crippen MR) is 118 cm³/mol. The first-order chi connectivity index (χ1) is 13.8. The van der Waals surface area contributed by atoms with Crippen molar-refractivity contribution in [2.45, 2.75) is 25.7 Å². The van der Waals surface area contributed by atoms with Crippen molar-refractivity contribution in [1.82, 2.24) is 4.98 Å². The summed E-state index contributed by atoms with van der Waals surface area (Å²) in [6.07, 6.45) is 7.59. The Hall–Kier alpha value is -2.80. The molecule has 0 saturated carbocycles. The van der Waals surface area contributed by atoms with E-state index in [1.54, 1.807) is 36.5 Å².